The second-order valence-electron chi connectivity index (χ2n) is 4.22. The first-order chi connectivity index (χ1) is 7.12. The standard InChI is InChI=1S/C14H16S/c1-11-7-9-14(15,10-8-11)13-6-4-3-5-12(13)2/h3-9,15H,10H2,1-2H3. The van der Waals surface area contributed by atoms with E-state index in [-0.39, 0.29) is 4.75 Å². The number of thiol groups is 1. The van der Waals surface area contributed by atoms with Crippen LogP contribution in [0.2, 0.25) is 0 Å². The SMILES string of the molecule is CC1=CCC(S)(c2ccccc2C)C=C1. The summed E-state index contributed by atoms with van der Waals surface area (Å²) >= 11 is 4.82. The highest BCUT2D eigenvalue weighted by Gasteiger charge is 2.26. The zero-order chi connectivity index (χ0) is 10.9. The molecule has 0 spiro atoms. The third-order valence-corrected chi connectivity index (χ3v) is 3.54. The molecule has 0 N–H and O–H groups in total. The zero-order valence-corrected chi connectivity index (χ0v) is 10.1. The Morgan fingerprint density at radius 2 is 1.93 bits per heavy atom. The predicted molar refractivity (Wildman–Crippen MR) is 69.4 cm³/mol. The fourth-order valence-corrected chi connectivity index (χ4v) is 2.40. The average molecular weight is 216 g/mol. The van der Waals surface area contributed by atoms with Crippen LogP contribution in [-0.2, 0) is 4.75 Å². The van der Waals surface area contributed by atoms with Crippen molar-refractivity contribution in [2.75, 3.05) is 0 Å². The van der Waals surface area contributed by atoms with Crippen molar-refractivity contribution in [2.24, 2.45) is 0 Å². The van der Waals surface area contributed by atoms with Gasteiger partial charge in [-0.15, -0.1) is 0 Å². The van der Waals surface area contributed by atoms with E-state index in [1.165, 1.54) is 16.7 Å². The summed E-state index contributed by atoms with van der Waals surface area (Å²) in [6, 6.07) is 8.47. The minimum absolute atomic E-state index is 0.120. The summed E-state index contributed by atoms with van der Waals surface area (Å²) in [5, 5.41) is 0. The van der Waals surface area contributed by atoms with Crippen molar-refractivity contribution in [1.29, 1.82) is 0 Å². The lowest BCUT2D eigenvalue weighted by Crippen LogP contribution is -2.18. The van der Waals surface area contributed by atoms with Gasteiger partial charge in [0.1, 0.15) is 0 Å². The monoisotopic (exact) mass is 216 g/mol. The molecule has 15 heavy (non-hydrogen) atoms. The Labute approximate surface area is 97.1 Å². The Kier molecular flexibility index (Phi) is 2.74. The van der Waals surface area contributed by atoms with Gasteiger partial charge in [0.15, 0.2) is 0 Å². The Morgan fingerprint density at radius 1 is 1.20 bits per heavy atom. The van der Waals surface area contributed by atoms with Gasteiger partial charge in [0, 0.05) is 0 Å². The minimum atomic E-state index is -0.120. The first-order valence-corrected chi connectivity index (χ1v) is 5.71. The van der Waals surface area contributed by atoms with E-state index in [1.54, 1.807) is 0 Å². The van der Waals surface area contributed by atoms with Crippen molar-refractivity contribution in [3.63, 3.8) is 0 Å². The largest absolute Gasteiger partial charge is 0.163 e. The third kappa shape index (κ3) is 2.03. The van der Waals surface area contributed by atoms with Gasteiger partial charge >= 0.3 is 0 Å². The fraction of sp³-hybridized carbons (Fsp3) is 0.286. The Morgan fingerprint density at radius 3 is 2.53 bits per heavy atom. The van der Waals surface area contributed by atoms with E-state index in [0.717, 1.165) is 6.42 Å². The molecule has 1 heteroatoms. The topological polar surface area (TPSA) is 0 Å². The van der Waals surface area contributed by atoms with Gasteiger partial charge in [0.05, 0.1) is 4.75 Å². The van der Waals surface area contributed by atoms with Gasteiger partial charge in [-0.3, -0.25) is 0 Å². The zero-order valence-electron chi connectivity index (χ0n) is 9.20. The van der Waals surface area contributed by atoms with Crippen molar-refractivity contribution < 1.29 is 0 Å². The van der Waals surface area contributed by atoms with Crippen LogP contribution >= 0.6 is 12.6 Å². The second-order valence-corrected chi connectivity index (χ2v) is 5.02. The van der Waals surface area contributed by atoms with Gasteiger partial charge in [-0.1, -0.05) is 48.1 Å². The van der Waals surface area contributed by atoms with Crippen molar-refractivity contribution >= 4 is 12.6 Å². The molecule has 0 amide bonds. The van der Waals surface area contributed by atoms with Crippen LogP contribution in [0.1, 0.15) is 24.5 Å². The number of aryl methyl sites for hydroxylation is 1. The molecule has 1 aliphatic rings. The van der Waals surface area contributed by atoms with Crippen molar-refractivity contribution in [1.82, 2.24) is 0 Å². The van der Waals surface area contributed by atoms with E-state index in [4.69, 9.17) is 12.6 Å². The smallest absolute Gasteiger partial charge is 0.0597 e. The molecule has 0 saturated heterocycles. The molecule has 1 aromatic rings. The first-order valence-electron chi connectivity index (χ1n) is 5.26. The van der Waals surface area contributed by atoms with Crippen molar-refractivity contribution in [3.05, 3.63) is 59.2 Å². The van der Waals surface area contributed by atoms with E-state index >= 15 is 0 Å². The lowest BCUT2D eigenvalue weighted by Gasteiger charge is -2.28. The Hall–Kier alpha value is -0.950. The fourth-order valence-electron chi connectivity index (χ4n) is 1.98. The van der Waals surface area contributed by atoms with Crippen molar-refractivity contribution in [3.8, 4) is 0 Å². The van der Waals surface area contributed by atoms with Gasteiger partial charge in [0.25, 0.3) is 0 Å². The molecule has 0 heterocycles. The maximum Gasteiger partial charge on any atom is 0.0597 e. The molecule has 0 radical (unpaired) electrons. The quantitative estimate of drug-likeness (QED) is 0.673. The summed E-state index contributed by atoms with van der Waals surface area (Å²) in [6.07, 6.45) is 7.58. The number of rotatable bonds is 1. The van der Waals surface area contributed by atoms with Crippen LogP contribution in [0.25, 0.3) is 0 Å². The highest BCUT2D eigenvalue weighted by molar-refractivity contribution is 7.81. The van der Waals surface area contributed by atoms with Crippen LogP contribution in [0.15, 0.2) is 48.1 Å². The van der Waals surface area contributed by atoms with E-state index in [9.17, 15) is 0 Å². The lowest BCUT2D eigenvalue weighted by molar-refractivity contribution is 0.772. The number of hydrogen-bond donors (Lipinski definition) is 1. The maximum atomic E-state index is 4.82. The van der Waals surface area contributed by atoms with Gasteiger partial charge in [-0.25, -0.2) is 0 Å². The van der Waals surface area contributed by atoms with Gasteiger partial charge in [0.2, 0.25) is 0 Å². The minimum Gasteiger partial charge on any atom is -0.163 e. The van der Waals surface area contributed by atoms with Crippen LogP contribution in [0.3, 0.4) is 0 Å². The maximum absolute atomic E-state index is 4.82. The van der Waals surface area contributed by atoms with Crippen LogP contribution in [0, 0.1) is 6.92 Å². The van der Waals surface area contributed by atoms with Crippen LogP contribution < -0.4 is 0 Å². The van der Waals surface area contributed by atoms with Crippen LogP contribution in [0.5, 0.6) is 0 Å². The highest BCUT2D eigenvalue weighted by atomic mass is 32.1. The summed E-state index contributed by atoms with van der Waals surface area (Å²) in [7, 11) is 0. The lowest BCUT2D eigenvalue weighted by atomic mass is 9.87. The summed E-state index contributed by atoms with van der Waals surface area (Å²) in [5.41, 5.74) is 3.95. The number of benzene rings is 1. The van der Waals surface area contributed by atoms with Gasteiger partial charge in [-0.2, -0.15) is 12.6 Å². The Balaban J connectivity index is 2.40. The van der Waals surface area contributed by atoms with E-state index < -0.39 is 0 Å². The molecule has 0 nitrogen and oxygen atoms in total. The highest BCUT2D eigenvalue weighted by Crippen LogP contribution is 2.38. The molecule has 1 unspecified atom stereocenters. The second kappa shape index (κ2) is 3.90. The summed E-state index contributed by atoms with van der Waals surface area (Å²) < 4.78 is -0.120. The predicted octanol–water partition coefficient (Wildman–Crippen LogP) is 4.03. The molecular weight excluding hydrogens is 200 g/mol. The third-order valence-electron chi connectivity index (χ3n) is 2.97. The van der Waals surface area contributed by atoms with Crippen LogP contribution in [0.4, 0.5) is 0 Å². The molecule has 1 aromatic carbocycles. The summed E-state index contributed by atoms with van der Waals surface area (Å²) in [6.45, 7) is 4.27. The van der Waals surface area contributed by atoms with Gasteiger partial charge < -0.3 is 0 Å². The first kappa shape index (κ1) is 10.6. The summed E-state index contributed by atoms with van der Waals surface area (Å²) in [4.78, 5) is 0. The summed E-state index contributed by atoms with van der Waals surface area (Å²) in [5.74, 6) is 0. The van der Waals surface area contributed by atoms with E-state index in [2.05, 4.69) is 56.3 Å². The number of hydrogen-bond acceptors (Lipinski definition) is 1. The molecule has 1 aliphatic carbocycles. The molecule has 0 aliphatic heterocycles. The molecular formula is C14H16S. The van der Waals surface area contributed by atoms with Crippen molar-refractivity contribution in [2.45, 2.75) is 25.0 Å². The molecule has 78 valence electrons. The Bertz CT molecular complexity index is 429. The molecule has 0 aromatic heterocycles. The van der Waals surface area contributed by atoms with E-state index in [1.807, 2.05) is 0 Å². The normalized spacial score (nSPS) is 25.1. The molecule has 0 fully saturated rings. The molecule has 0 bridgehead atoms. The molecule has 1 atom stereocenters. The number of allylic oxidation sites excluding steroid dienone is 3. The van der Waals surface area contributed by atoms with Crippen LogP contribution in [-0.4, -0.2) is 0 Å². The van der Waals surface area contributed by atoms with E-state index in [0.29, 0.717) is 0 Å². The van der Waals surface area contributed by atoms with Gasteiger partial charge in [-0.05, 0) is 31.4 Å². The molecule has 2 rings (SSSR count). The average Bonchev–Trinajstić information content (AvgIpc) is 2.23. The molecule has 0 saturated carbocycles.